The van der Waals surface area contributed by atoms with Gasteiger partial charge < -0.3 is 15.4 Å². The lowest BCUT2D eigenvalue weighted by molar-refractivity contribution is -0.120. The summed E-state index contributed by atoms with van der Waals surface area (Å²) in [6.45, 7) is 1.44. The maximum absolute atomic E-state index is 12.3. The highest BCUT2D eigenvalue weighted by atomic mass is 16.5. The molecular weight excluding hydrogens is 292 g/mol. The second kappa shape index (κ2) is 7.98. The number of ether oxygens (including phenoxy) is 1. The Kier molecular flexibility index (Phi) is 5.74. The fourth-order valence-electron chi connectivity index (χ4n) is 2.32. The van der Waals surface area contributed by atoms with Crippen LogP contribution in [0.5, 0.6) is 5.75 Å². The molecule has 0 saturated carbocycles. The van der Waals surface area contributed by atoms with Crippen LogP contribution in [0.25, 0.3) is 0 Å². The zero-order valence-electron chi connectivity index (χ0n) is 13.2. The highest BCUT2D eigenvalue weighted by Gasteiger charge is 2.17. The number of amides is 2. The smallest absolute Gasteiger partial charge is 0.226 e. The van der Waals surface area contributed by atoms with Crippen molar-refractivity contribution >= 4 is 17.5 Å². The minimum atomic E-state index is -0.372. The molecule has 5 heteroatoms. The van der Waals surface area contributed by atoms with Gasteiger partial charge in [0.15, 0.2) is 0 Å². The van der Waals surface area contributed by atoms with E-state index in [4.69, 9.17) is 4.74 Å². The fourth-order valence-corrected chi connectivity index (χ4v) is 2.32. The molecule has 0 saturated heterocycles. The van der Waals surface area contributed by atoms with E-state index in [0.29, 0.717) is 11.4 Å². The summed E-state index contributed by atoms with van der Waals surface area (Å²) < 4.78 is 5.22. The van der Waals surface area contributed by atoms with Crippen LogP contribution in [0.4, 0.5) is 5.69 Å². The van der Waals surface area contributed by atoms with Crippen LogP contribution in [-0.4, -0.2) is 18.9 Å². The van der Waals surface area contributed by atoms with Gasteiger partial charge in [0.2, 0.25) is 11.8 Å². The first-order valence-corrected chi connectivity index (χ1v) is 7.35. The van der Waals surface area contributed by atoms with Crippen molar-refractivity contribution in [3.8, 4) is 5.75 Å². The molecule has 2 aromatic carbocycles. The quantitative estimate of drug-likeness (QED) is 0.862. The molecule has 0 heterocycles. The van der Waals surface area contributed by atoms with Gasteiger partial charge in [-0.25, -0.2) is 0 Å². The summed E-state index contributed by atoms with van der Waals surface area (Å²) in [5.74, 6) is 0.220. The first-order valence-electron chi connectivity index (χ1n) is 7.35. The molecule has 0 spiro atoms. The summed E-state index contributed by atoms with van der Waals surface area (Å²) in [6, 6.07) is 16.2. The molecule has 2 N–H and O–H groups in total. The predicted molar refractivity (Wildman–Crippen MR) is 89.2 cm³/mol. The van der Waals surface area contributed by atoms with Crippen LogP contribution in [0.2, 0.25) is 0 Å². The first-order chi connectivity index (χ1) is 11.1. The van der Waals surface area contributed by atoms with Crippen LogP contribution >= 0.6 is 0 Å². The Hall–Kier alpha value is -2.82. The molecular formula is C18H20N2O3. The molecule has 2 rings (SSSR count). The number of nitrogens with one attached hydrogen (secondary N) is 2. The third-order valence-electron chi connectivity index (χ3n) is 3.35. The Labute approximate surface area is 135 Å². The van der Waals surface area contributed by atoms with E-state index in [1.807, 2.05) is 42.5 Å². The van der Waals surface area contributed by atoms with E-state index in [1.165, 1.54) is 6.92 Å². The second-order valence-corrected chi connectivity index (χ2v) is 5.12. The first kappa shape index (κ1) is 16.5. The van der Waals surface area contributed by atoms with E-state index in [2.05, 4.69) is 10.6 Å². The number of anilines is 1. The normalized spacial score (nSPS) is 11.4. The van der Waals surface area contributed by atoms with Crippen LogP contribution in [0.3, 0.4) is 0 Å². The molecule has 0 bridgehead atoms. The molecule has 2 aromatic rings. The van der Waals surface area contributed by atoms with E-state index in [9.17, 15) is 9.59 Å². The van der Waals surface area contributed by atoms with Crippen molar-refractivity contribution in [2.45, 2.75) is 19.4 Å². The van der Waals surface area contributed by atoms with Crippen LogP contribution in [0, 0.1) is 0 Å². The minimum Gasteiger partial charge on any atom is -0.495 e. The predicted octanol–water partition coefficient (Wildman–Crippen LogP) is 2.90. The Morgan fingerprint density at radius 2 is 1.70 bits per heavy atom. The van der Waals surface area contributed by atoms with Crippen molar-refractivity contribution < 1.29 is 14.3 Å². The number of hydrogen-bond donors (Lipinski definition) is 2. The molecule has 0 unspecified atom stereocenters. The number of hydrogen-bond acceptors (Lipinski definition) is 3. The Bertz CT molecular complexity index is 671. The van der Waals surface area contributed by atoms with Gasteiger partial charge in [-0.3, -0.25) is 9.59 Å². The zero-order chi connectivity index (χ0) is 16.7. The van der Waals surface area contributed by atoms with Gasteiger partial charge in [0.05, 0.1) is 25.3 Å². The molecule has 0 radical (unpaired) electrons. The topological polar surface area (TPSA) is 67.4 Å². The molecule has 1 atom stereocenters. The molecule has 5 nitrogen and oxygen atoms in total. The zero-order valence-corrected chi connectivity index (χ0v) is 13.2. The average Bonchev–Trinajstić information content (AvgIpc) is 2.55. The summed E-state index contributed by atoms with van der Waals surface area (Å²) in [6.07, 6.45) is 0.141. The number of para-hydroxylation sites is 2. The van der Waals surface area contributed by atoms with Crippen molar-refractivity contribution in [1.29, 1.82) is 0 Å². The van der Waals surface area contributed by atoms with Gasteiger partial charge >= 0.3 is 0 Å². The second-order valence-electron chi connectivity index (χ2n) is 5.12. The largest absolute Gasteiger partial charge is 0.495 e. The van der Waals surface area contributed by atoms with Crippen molar-refractivity contribution in [3.63, 3.8) is 0 Å². The van der Waals surface area contributed by atoms with E-state index in [0.717, 1.165) is 5.56 Å². The Balaban J connectivity index is 2.10. The summed E-state index contributed by atoms with van der Waals surface area (Å²) >= 11 is 0. The van der Waals surface area contributed by atoms with Crippen LogP contribution in [0.1, 0.15) is 24.9 Å². The van der Waals surface area contributed by atoms with Gasteiger partial charge in [0.25, 0.3) is 0 Å². The summed E-state index contributed by atoms with van der Waals surface area (Å²) in [7, 11) is 1.55. The standard InChI is InChI=1S/C18H20N2O3/c1-13(21)19-16(14-8-4-3-5-9-14)12-18(22)20-15-10-6-7-11-17(15)23-2/h3-11,16H,12H2,1-2H3,(H,19,21)(H,20,22)/t16-/m1/s1. The third kappa shape index (κ3) is 4.85. The van der Waals surface area contributed by atoms with Gasteiger partial charge in [0, 0.05) is 6.92 Å². The van der Waals surface area contributed by atoms with Crippen molar-refractivity contribution in [2.75, 3.05) is 12.4 Å². The summed E-state index contributed by atoms with van der Waals surface area (Å²) in [4.78, 5) is 23.7. The molecule has 0 fully saturated rings. The lowest BCUT2D eigenvalue weighted by atomic mass is 10.0. The van der Waals surface area contributed by atoms with Gasteiger partial charge in [-0.15, -0.1) is 0 Å². The number of benzene rings is 2. The van der Waals surface area contributed by atoms with E-state index >= 15 is 0 Å². The highest BCUT2D eigenvalue weighted by molar-refractivity contribution is 5.93. The van der Waals surface area contributed by atoms with Gasteiger partial charge in [-0.05, 0) is 17.7 Å². The number of carbonyl (C=O) groups is 2. The van der Waals surface area contributed by atoms with Crippen LogP contribution in [0.15, 0.2) is 54.6 Å². The number of rotatable bonds is 6. The lowest BCUT2D eigenvalue weighted by Gasteiger charge is -2.18. The van der Waals surface area contributed by atoms with Crippen LogP contribution in [-0.2, 0) is 9.59 Å². The molecule has 0 aliphatic heterocycles. The Morgan fingerprint density at radius 1 is 1.04 bits per heavy atom. The highest BCUT2D eigenvalue weighted by Crippen LogP contribution is 2.24. The van der Waals surface area contributed by atoms with E-state index in [1.54, 1.807) is 19.2 Å². The third-order valence-corrected chi connectivity index (χ3v) is 3.35. The number of carbonyl (C=O) groups excluding carboxylic acids is 2. The van der Waals surface area contributed by atoms with Gasteiger partial charge in [0.1, 0.15) is 5.75 Å². The molecule has 23 heavy (non-hydrogen) atoms. The number of methoxy groups -OCH3 is 1. The van der Waals surface area contributed by atoms with Crippen molar-refractivity contribution in [2.24, 2.45) is 0 Å². The lowest BCUT2D eigenvalue weighted by Crippen LogP contribution is -2.29. The van der Waals surface area contributed by atoms with E-state index < -0.39 is 0 Å². The molecule has 0 aliphatic rings. The fraction of sp³-hybridized carbons (Fsp3) is 0.222. The minimum absolute atomic E-state index is 0.141. The summed E-state index contributed by atoms with van der Waals surface area (Å²) in [5, 5.41) is 5.63. The van der Waals surface area contributed by atoms with E-state index in [-0.39, 0.29) is 24.3 Å². The Morgan fingerprint density at radius 3 is 2.35 bits per heavy atom. The molecule has 2 amide bonds. The molecule has 120 valence electrons. The maximum atomic E-state index is 12.3. The van der Waals surface area contributed by atoms with Crippen molar-refractivity contribution in [1.82, 2.24) is 5.32 Å². The molecule has 0 aromatic heterocycles. The average molecular weight is 312 g/mol. The van der Waals surface area contributed by atoms with Gasteiger partial charge in [-0.1, -0.05) is 42.5 Å². The SMILES string of the molecule is COc1ccccc1NC(=O)C[C@@H](NC(C)=O)c1ccccc1. The van der Waals surface area contributed by atoms with Crippen LogP contribution < -0.4 is 15.4 Å². The summed E-state index contributed by atoms with van der Waals surface area (Å²) in [5.41, 5.74) is 1.49. The molecule has 0 aliphatic carbocycles. The van der Waals surface area contributed by atoms with Gasteiger partial charge in [-0.2, -0.15) is 0 Å². The maximum Gasteiger partial charge on any atom is 0.226 e. The monoisotopic (exact) mass is 312 g/mol. The van der Waals surface area contributed by atoms with Crippen molar-refractivity contribution in [3.05, 3.63) is 60.2 Å².